The molecule has 0 aliphatic carbocycles. The van der Waals surface area contributed by atoms with Crippen molar-refractivity contribution in [1.29, 1.82) is 0 Å². The molecule has 28 heavy (non-hydrogen) atoms. The van der Waals surface area contributed by atoms with Gasteiger partial charge < -0.3 is 10.1 Å². The number of ketones is 1. The van der Waals surface area contributed by atoms with Crippen molar-refractivity contribution in [1.82, 2.24) is 4.98 Å². The van der Waals surface area contributed by atoms with Gasteiger partial charge in [-0.1, -0.05) is 66.7 Å². The monoisotopic (exact) mass is 367 g/mol. The van der Waals surface area contributed by atoms with Gasteiger partial charge in [-0.3, -0.25) is 9.59 Å². The molecule has 0 unspecified atom stereocenters. The number of benzene rings is 3. The summed E-state index contributed by atoms with van der Waals surface area (Å²) in [6.45, 7) is 0. The number of aromatic nitrogens is 1. The van der Waals surface area contributed by atoms with Gasteiger partial charge in [-0.05, 0) is 35.4 Å². The maximum atomic E-state index is 13.0. The smallest absolute Gasteiger partial charge is 0.260 e. The summed E-state index contributed by atoms with van der Waals surface area (Å²) in [7, 11) is 0. The third-order valence-electron chi connectivity index (χ3n) is 4.55. The van der Waals surface area contributed by atoms with Crippen molar-refractivity contribution in [3.63, 3.8) is 0 Å². The average Bonchev–Trinajstić information content (AvgIpc) is 2.72. The summed E-state index contributed by atoms with van der Waals surface area (Å²) in [5.74, 6) is -0.222. The van der Waals surface area contributed by atoms with Crippen LogP contribution in [0.2, 0.25) is 0 Å². The summed E-state index contributed by atoms with van der Waals surface area (Å²) in [4.78, 5) is 28.6. The molecule has 0 bridgehead atoms. The Morgan fingerprint density at radius 2 is 1.54 bits per heavy atom. The molecule has 4 rings (SSSR count). The van der Waals surface area contributed by atoms with E-state index in [4.69, 9.17) is 0 Å². The number of rotatable bonds is 4. The normalized spacial score (nSPS) is 11.1. The van der Waals surface area contributed by atoms with E-state index in [1.165, 1.54) is 6.08 Å². The van der Waals surface area contributed by atoms with Crippen molar-refractivity contribution in [2.24, 2.45) is 0 Å². The Hall–Kier alpha value is -3.92. The van der Waals surface area contributed by atoms with Crippen molar-refractivity contribution in [3.8, 4) is 16.9 Å². The van der Waals surface area contributed by atoms with Crippen LogP contribution in [0.25, 0.3) is 28.1 Å². The maximum Gasteiger partial charge on any atom is 0.260 e. The van der Waals surface area contributed by atoms with Gasteiger partial charge in [0.15, 0.2) is 5.78 Å². The van der Waals surface area contributed by atoms with Crippen LogP contribution in [0, 0.1) is 0 Å². The first kappa shape index (κ1) is 17.5. The summed E-state index contributed by atoms with van der Waals surface area (Å²) >= 11 is 0. The number of para-hydroxylation sites is 1. The number of nitrogens with one attached hydrogen (secondary N) is 1. The van der Waals surface area contributed by atoms with E-state index in [1.807, 2.05) is 54.6 Å². The van der Waals surface area contributed by atoms with Crippen molar-refractivity contribution in [3.05, 3.63) is 106 Å². The summed E-state index contributed by atoms with van der Waals surface area (Å²) in [5, 5.41) is 10.2. The number of H-pyrrole nitrogens is 1. The number of carbonyl (C=O) groups is 1. The standard InChI is InChI=1S/C24H17NO3/c26-18-13-10-16(11-14-18)12-15-21(27)23-22(17-6-2-1-3-7-17)19-8-4-5-9-20(19)25-24(23)28/h1-15,26H,(H,25,28). The Morgan fingerprint density at radius 1 is 0.857 bits per heavy atom. The van der Waals surface area contributed by atoms with Crippen LogP contribution in [0.15, 0.2) is 89.7 Å². The van der Waals surface area contributed by atoms with Crippen LogP contribution in [-0.4, -0.2) is 15.9 Å². The van der Waals surface area contributed by atoms with Gasteiger partial charge in [0.2, 0.25) is 0 Å². The molecule has 0 saturated carbocycles. The Labute approximate surface area is 161 Å². The predicted octanol–water partition coefficient (Wildman–Crippen LogP) is 4.80. The van der Waals surface area contributed by atoms with Crippen LogP contribution in [0.4, 0.5) is 0 Å². The van der Waals surface area contributed by atoms with E-state index in [0.29, 0.717) is 11.1 Å². The van der Waals surface area contributed by atoms with Crippen molar-refractivity contribution >= 4 is 22.8 Å². The fourth-order valence-corrected chi connectivity index (χ4v) is 3.22. The van der Waals surface area contributed by atoms with Gasteiger partial charge in [0.05, 0.1) is 5.56 Å². The molecule has 4 aromatic rings. The molecule has 1 aromatic heterocycles. The first-order valence-corrected chi connectivity index (χ1v) is 8.85. The van der Waals surface area contributed by atoms with E-state index in [1.54, 1.807) is 30.3 Å². The lowest BCUT2D eigenvalue weighted by molar-refractivity contribution is 0.104. The van der Waals surface area contributed by atoms with Crippen LogP contribution in [0.1, 0.15) is 15.9 Å². The molecular formula is C24H17NO3. The summed E-state index contributed by atoms with van der Waals surface area (Å²) in [5.41, 5.74) is 2.57. The largest absolute Gasteiger partial charge is 0.508 e. The molecule has 4 heteroatoms. The highest BCUT2D eigenvalue weighted by molar-refractivity contribution is 6.15. The van der Waals surface area contributed by atoms with E-state index in [9.17, 15) is 14.7 Å². The van der Waals surface area contributed by atoms with Crippen molar-refractivity contribution < 1.29 is 9.90 Å². The highest BCUT2D eigenvalue weighted by Gasteiger charge is 2.18. The number of carbonyl (C=O) groups excluding carboxylic acids is 1. The number of phenolic OH excluding ortho intramolecular Hbond substituents is 1. The van der Waals surface area contributed by atoms with Gasteiger partial charge >= 0.3 is 0 Å². The Kier molecular flexibility index (Phi) is 4.60. The fourth-order valence-electron chi connectivity index (χ4n) is 3.22. The number of hydrogen-bond acceptors (Lipinski definition) is 3. The molecule has 0 atom stereocenters. The second kappa shape index (κ2) is 7.37. The lowest BCUT2D eigenvalue weighted by atomic mass is 9.94. The molecule has 136 valence electrons. The van der Waals surface area contributed by atoms with Gasteiger partial charge in [-0.25, -0.2) is 0 Å². The Bertz CT molecular complexity index is 1240. The first-order valence-electron chi connectivity index (χ1n) is 8.85. The third-order valence-corrected chi connectivity index (χ3v) is 4.55. The number of pyridine rings is 1. The molecule has 1 heterocycles. The number of fused-ring (bicyclic) bond motifs is 1. The molecule has 0 saturated heterocycles. The zero-order chi connectivity index (χ0) is 19.5. The minimum absolute atomic E-state index is 0.111. The molecule has 0 fully saturated rings. The highest BCUT2D eigenvalue weighted by Crippen LogP contribution is 2.29. The quantitative estimate of drug-likeness (QED) is 0.402. The van der Waals surface area contributed by atoms with E-state index in [2.05, 4.69) is 4.98 Å². The zero-order valence-corrected chi connectivity index (χ0v) is 14.9. The van der Waals surface area contributed by atoms with Gasteiger partial charge in [-0.2, -0.15) is 0 Å². The lowest BCUT2D eigenvalue weighted by Gasteiger charge is -2.11. The molecule has 4 nitrogen and oxygen atoms in total. The molecule has 0 radical (unpaired) electrons. The van der Waals surface area contributed by atoms with E-state index in [-0.39, 0.29) is 17.1 Å². The van der Waals surface area contributed by atoms with Crippen LogP contribution in [0.5, 0.6) is 5.75 Å². The number of hydrogen-bond donors (Lipinski definition) is 2. The second-order valence-corrected chi connectivity index (χ2v) is 6.40. The molecule has 3 aromatic carbocycles. The molecule has 0 aliphatic heterocycles. The number of aromatic hydroxyl groups is 1. The van der Waals surface area contributed by atoms with E-state index >= 15 is 0 Å². The van der Waals surface area contributed by atoms with E-state index in [0.717, 1.165) is 16.5 Å². The molecule has 2 N–H and O–H groups in total. The van der Waals surface area contributed by atoms with Crippen LogP contribution < -0.4 is 5.56 Å². The van der Waals surface area contributed by atoms with Gasteiger partial charge in [0.1, 0.15) is 5.75 Å². The van der Waals surface area contributed by atoms with Gasteiger partial charge in [0, 0.05) is 16.5 Å². The summed E-state index contributed by atoms with van der Waals surface area (Å²) in [6, 6.07) is 23.4. The average molecular weight is 367 g/mol. The van der Waals surface area contributed by atoms with Crippen LogP contribution >= 0.6 is 0 Å². The van der Waals surface area contributed by atoms with E-state index < -0.39 is 5.56 Å². The minimum atomic E-state index is -0.419. The summed E-state index contributed by atoms with van der Waals surface area (Å²) in [6.07, 6.45) is 3.02. The highest BCUT2D eigenvalue weighted by atomic mass is 16.3. The minimum Gasteiger partial charge on any atom is -0.508 e. The van der Waals surface area contributed by atoms with Crippen molar-refractivity contribution in [2.75, 3.05) is 0 Å². The topological polar surface area (TPSA) is 70.2 Å². The summed E-state index contributed by atoms with van der Waals surface area (Å²) < 4.78 is 0. The second-order valence-electron chi connectivity index (χ2n) is 6.40. The fraction of sp³-hybridized carbons (Fsp3) is 0. The predicted molar refractivity (Wildman–Crippen MR) is 111 cm³/mol. The van der Waals surface area contributed by atoms with Crippen LogP contribution in [-0.2, 0) is 0 Å². The molecule has 0 amide bonds. The number of phenols is 1. The maximum absolute atomic E-state index is 13.0. The number of allylic oxidation sites excluding steroid dienone is 1. The van der Waals surface area contributed by atoms with Crippen molar-refractivity contribution in [2.45, 2.75) is 0 Å². The molecule has 0 spiro atoms. The van der Waals surface area contributed by atoms with Gasteiger partial charge in [-0.15, -0.1) is 0 Å². The Morgan fingerprint density at radius 3 is 2.29 bits per heavy atom. The zero-order valence-electron chi connectivity index (χ0n) is 14.9. The Balaban J connectivity index is 1.88. The molecule has 0 aliphatic rings. The SMILES string of the molecule is O=C(C=Cc1ccc(O)cc1)c1c(-c2ccccc2)c2ccccc2[nH]c1=O. The first-order chi connectivity index (χ1) is 13.6. The van der Waals surface area contributed by atoms with Gasteiger partial charge in [0.25, 0.3) is 5.56 Å². The lowest BCUT2D eigenvalue weighted by Crippen LogP contribution is -2.18. The van der Waals surface area contributed by atoms with Crippen LogP contribution in [0.3, 0.4) is 0 Å². The number of aromatic amines is 1. The molecular weight excluding hydrogens is 350 g/mol. The third kappa shape index (κ3) is 3.35.